The van der Waals surface area contributed by atoms with E-state index in [1.807, 2.05) is 13.8 Å². The molecule has 0 radical (unpaired) electrons. The Morgan fingerprint density at radius 3 is 2.67 bits per heavy atom. The lowest BCUT2D eigenvalue weighted by Gasteiger charge is -2.19. The quantitative estimate of drug-likeness (QED) is 0.627. The van der Waals surface area contributed by atoms with E-state index in [0.717, 1.165) is 5.75 Å². The number of hydrogen-bond donors (Lipinski definition) is 2. The molecule has 0 aliphatic heterocycles. The summed E-state index contributed by atoms with van der Waals surface area (Å²) in [6.45, 7) is 6.11. The summed E-state index contributed by atoms with van der Waals surface area (Å²) in [7, 11) is 0. The summed E-state index contributed by atoms with van der Waals surface area (Å²) in [5, 5.41) is 11.8. The molecule has 0 aromatic carbocycles. The molecule has 0 heterocycles. The van der Waals surface area contributed by atoms with Crippen LogP contribution in [0.3, 0.4) is 0 Å². The van der Waals surface area contributed by atoms with E-state index in [9.17, 15) is 4.79 Å². The summed E-state index contributed by atoms with van der Waals surface area (Å²) < 4.78 is 0. The Labute approximate surface area is 97.0 Å². The van der Waals surface area contributed by atoms with Gasteiger partial charge in [0, 0.05) is 12.6 Å². The van der Waals surface area contributed by atoms with Crippen LogP contribution >= 0.6 is 11.8 Å². The van der Waals surface area contributed by atoms with Crippen LogP contribution in [0, 0.1) is 5.92 Å². The lowest BCUT2D eigenvalue weighted by Crippen LogP contribution is -2.39. The van der Waals surface area contributed by atoms with E-state index in [-0.39, 0.29) is 24.5 Å². The van der Waals surface area contributed by atoms with E-state index >= 15 is 0 Å². The number of rotatable bonds is 8. The highest BCUT2D eigenvalue weighted by Crippen LogP contribution is 2.05. The van der Waals surface area contributed by atoms with Crippen molar-refractivity contribution in [3.05, 3.63) is 0 Å². The van der Waals surface area contributed by atoms with Gasteiger partial charge < -0.3 is 10.4 Å². The Morgan fingerprint density at radius 2 is 2.13 bits per heavy atom. The van der Waals surface area contributed by atoms with Crippen molar-refractivity contribution in [2.45, 2.75) is 39.7 Å². The molecule has 0 rings (SSSR count). The van der Waals surface area contributed by atoms with Crippen LogP contribution in [0.15, 0.2) is 0 Å². The topological polar surface area (TPSA) is 49.3 Å². The Hall–Kier alpha value is -0.220. The van der Waals surface area contributed by atoms with Crippen LogP contribution in [0.5, 0.6) is 0 Å². The van der Waals surface area contributed by atoms with Crippen molar-refractivity contribution in [3.63, 3.8) is 0 Å². The van der Waals surface area contributed by atoms with Gasteiger partial charge in [0.05, 0.1) is 5.75 Å². The fraction of sp³-hybridized carbons (Fsp3) is 0.909. The first kappa shape index (κ1) is 14.8. The monoisotopic (exact) mass is 233 g/mol. The molecule has 0 spiro atoms. The normalized spacial score (nSPS) is 14.7. The Bertz CT molecular complexity index is 176. The maximum absolute atomic E-state index is 11.4. The second-order valence-electron chi connectivity index (χ2n) is 3.92. The molecule has 2 atom stereocenters. The Balaban J connectivity index is 3.55. The van der Waals surface area contributed by atoms with Gasteiger partial charge in [-0.15, -0.1) is 0 Å². The van der Waals surface area contributed by atoms with Crippen molar-refractivity contribution in [2.75, 3.05) is 18.1 Å². The van der Waals surface area contributed by atoms with Crippen LogP contribution in [0.1, 0.15) is 33.6 Å². The molecule has 0 fully saturated rings. The number of hydrogen-bond acceptors (Lipinski definition) is 3. The number of unbranched alkanes of at least 4 members (excludes halogenated alkanes) is 1. The summed E-state index contributed by atoms with van der Waals surface area (Å²) in [6, 6.07) is 0.0503. The Morgan fingerprint density at radius 1 is 1.47 bits per heavy atom. The van der Waals surface area contributed by atoms with Crippen LogP contribution in [-0.4, -0.2) is 35.2 Å². The summed E-state index contributed by atoms with van der Waals surface area (Å²) in [4.78, 5) is 11.4. The minimum absolute atomic E-state index is 0.0503. The highest BCUT2D eigenvalue weighted by atomic mass is 32.2. The fourth-order valence-corrected chi connectivity index (χ4v) is 1.91. The van der Waals surface area contributed by atoms with E-state index in [0.29, 0.717) is 5.75 Å². The molecule has 3 nitrogen and oxygen atoms in total. The van der Waals surface area contributed by atoms with Crippen molar-refractivity contribution < 1.29 is 9.90 Å². The van der Waals surface area contributed by atoms with Crippen molar-refractivity contribution >= 4 is 17.7 Å². The van der Waals surface area contributed by atoms with Gasteiger partial charge in [-0.25, -0.2) is 0 Å². The summed E-state index contributed by atoms with van der Waals surface area (Å²) in [5.41, 5.74) is 0. The van der Waals surface area contributed by atoms with Crippen LogP contribution in [0.4, 0.5) is 0 Å². The van der Waals surface area contributed by atoms with E-state index in [4.69, 9.17) is 5.11 Å². The van der Waals surface area contributed by atoms with E-state index < -0.39 is 0 Å². The lowest BCUT2D eigenvalue weighted by atomic mass is 10.1. The SMILES string of the molecule is CCCCSCC(=O)NC(C)C(C)CO. The van der Waals surface area contributed by atoms with Gasteiger partial charge in [-0.05, 0) is 25.0 Å². The standard InChI is InChI=1S/C11H23NO2S/c1-4-5-6-15-8-11(14)12-10(3)9(2)7-13/h9-10,13H,4-8H2,1-3H3,(H,12,14). The first-order valence-electron chi connectivity index (χ1n) is 5.59. The molecule has 4 heteroatoms. The highest BCUT2D eigenvalue weighted by molar-refractivity contribution is 7.99. The Kier molecular flexibility index (Phi) is 8.91. The van der Waals surface area contributed by atoms with Gasteiger partial charge in [0.15, 0.2) is 0 Å². The third-order valence-electron chi connectivity index (χ3n) is 2.41. The second-order valence-corrected chi connectivity index (χ2v) is 5.03. The molecule has 2 unspecified atom stereocenters. The number of nitrogens with one attached hydrogen (secondary N) is 1. The summed E-state index contributed by atoms with van der Waals surface area (Å²) in [5.74, 6) is 1.77. The maximum atomic E-state index is 11.4. The van der Waals surface area contributed by atoms with E-state index in [1.165, 1.54) is 12.8 Å². The van der Waals surface area contributed by atoms with Gasteiger partial charge in [-0.1, -0.05) is 20.3 Å². The zero-order chi connectivity index (χ0) is 11.7. The van der Waals surface area contributed by atoms with Gasteiger partial charge in [0.2, 0.25) is 5.91 Å². The molecule has 2 N–H and O–H groups in total. The van der Waals surface area contributed by atoms with Gasteiger partial charge in [-0.2, -0.15) is 11.8 Å². The van der Waals surface area contributed by atoms with Crippen LogP contribution < -0.4 is 5.32 Å². The van der Waals surface area contributed by atoms with Crippen LogP contribution in [0.2, 0.25) is 0 Å². The largest absolute Gasteiger partial charge is 0.396 e. The zero-order valence-corrected chi connectivity index (χ0v) is 10.8. The molecule has 0 bridgehead atoms. The smallest absolute Gasteiger partial charge is 0.230 e. The number of carbonyl (C=O) groups is 1. The molecule has 0 saturated carbocycles. The molecule has 0 aliphatic rings. The fourth-order valence-electron chi connectivity index (χ4n) is 1.01. The molecule has 0 aliphatic carbocycles. The van der Waals surface area contributed by atoms with Crippen LogP contribution in [0.25, 0.3) is 0 Å². The van der Waals surface area contributed by atoms with Gasteiger partial charge in [-0.3, -0.25) is 4.79 Å². The molecule has 15 heavy (non-hydrogen) atoms. The number of thioether (sulfide) groups is 1. The second kappa shape index (κ2) is 9.04. The maximum Gasteiger partial charge on any atom is 0.230 e. The molecule has 1 amide bonds. The highest BCUT2D eigenvalue weighted by Gasteiger charge is 2.13. The van der Waals surface area contributed by atoms with Gasteiger partial charge >= 0.3 is 0 Å². The molecular weight excluding hydrogens is 210 g/mol. The average Bonchev–Trinajstić information content (AvgIpc) is 2.23. The van der Waals surface area contributed by atoms with Gasteiger partial charge in [0.1, 0.15) is 0 Å². The first-order chi connectivity index (χ1) is 7.11. The van der Waals surface area contributed by atoms with E-state index in [1.54, 1.807) is 11.8 Å². The summed E-state index contributed by atoms with van der Waals surface area (Å²) in [6.07, 6.45) is 2.34. The summed E-state index contributed by atoms with van der Waals surface area (Å²) >= 11 is 1.67. The number of aliphatic hydroxyl groups is 1. The third-order valence-corrected chi connectivity index (χ3v) is 3.45. The van der Waals surface area contributed by atoms with Crippen molar-refractivity contribution in [3.8, 4) is 0 Å². The molecular formula is C11H23NO2S. The third kappa shape index (κ3) is 7.68. The number of carbonyl (C=O) groups excluding carboxylic acids is 1. The zero-order valence-electron chi connectivity index (χ0n) is 9.95. The number of amides is 1. The van der Waals surface area contributed by atoms with Crippen molar-refractivity contribution in [1.82, 2.24) is 5.32 Å². The minimum atomic E-state index is 0.0503. The first-order valence-corrected chi connectivity index (χ1v) is 6.75. The molecule has 0 aromatic heterocycles. The van der Waals surface area contributed by atoms with Gasteiger partial charge in [0.25, 0.3) is 0 Å². The van der Waals surface area contributed by atoms with Crippen molar-refractivity contribution in [1.29, 1.82) is 0 Å². The van der Waals surface area contributed by atoms with Crippen molar-refractivity contribution in [2.24, 2.45) is 5.92 Å². The van der Waals surface area contributed by atoms with Crippen LogP contribution in [-0.2, 0) is 4.79 Å². The predicted octanol–water partition coefficient (Wildman–Crippen LogP) is 1.65. The predicted molar refractivity (Wildman–Crippen MR) is 66.1 cm³/mol. The molecule has 90 valence electrons. The molecule has 0 aromatic rings. The number of aliphatic hydroxyl groups excluding tert-OH is 1. The van der Waals surface area contributed by atoms with E-state index in [2.05, 4.69) is 12.2 Å². The molecule has 0 saturated heterocycles. The lowest BCUT2D eigenvalue weighted by molar-refractivity contribution is -0.119. The minimum Gasteiger partial charge on any atom is -0.396 e. The average molecular weight is 233 g/mol.